The van der Waals surface area contributed by atoms with Crippen LogP contribution < -0.4 is 5.32 Å². The van der Waals surface area contributed by atoms with E-state index in [-0.39, 0.29) is 12.3 Å². The van der Waals surface area contributed by atoms with E-state index in [0.29, 0.717) is 5.56 Å². The Bertz CT molecular complexity index is 901. The van der Waals surface area contributed by atoms with E-state index in [1.165, 1.54) is 16.9 Å². The van der Waals surface area contributed by atoms with Crippen molar-refractivity contribution in [3.63, 3.8) is 0 Å². The van der Waals surface area contributed by atoms with E-state index in [4.69, 9.17) is 0 Å². The molecule has 1 aromatic heterocycles. The third-order valence-corrected chi connectivity index (χ3v) is 5.95. The van der Waals surface area contributed by atoms with E-state index < -0.39 is 17.5 Å². The first kappa shape index (κ1) is 19.3. The normalized spacial score (nSPS) is 19.5. The van der Waals surface area contributed by atoms with Crippen LogP contribution in [0, 0.1) is 13.8 Å². The number of thiophene rings is 1. The van der Waals surface area contributed by atoms with Crippen LogP contribution >= 0.6 is 11.3 Å². The molecular weight excluding hydrogens is 360 g/mol. The number of benzene rings is 1. The Morgan fingerprint density at radius 1 is 1.19 bits per heavy atom. The molecular formula is C21H24N2O3S. The molecule has 3 amide bonds. The van der Waals surface area contributed by atoms with Crippen molar-refractivity contribution < 1.29 is 14.4 Å². The molecule has 1 aliphatic heterocycles. The predicted octanol–water partition coefficient (Wildman–Crippen LogP) is 3.97. The highest BCUT2D eigenvalue weighted by Gasteiger charge is 2.49. The van der Waals surface area contributed by atoms with Crippen LogP contribution in [-0.2, 0) is 16.8 Å². The molecule has 0 radical (unpaired) electrons. The number of urea groups is 1. The maximum atomic E-state index is 13.0. The van der Waals surface area contributed by atoms with Crippen molar-refractivity contribution in [1.82, 2.24) is 10.2 Å². The average Bonchev–Trinajstić information content (AvgIpc) is 3.07. The molecule has 1 N–H and O–H groups in total. The number of ketones is 1. The highest BCUT2D eigenvalue weighted by Crippen LogP contribution is 2.30. The van der Waals surface area contributed by atoms with Gasteiger partial charge < -0.3 is 5.32 Å². The molecule has 1 fully saturated rings. The molecule has 2 aromatic rings. The first-order valence-electron chi connectivity index (χ1n) is 9.10. The summed E-state index contributed by atoms with van der Waals surface area (Å²) in [6, 6.07) is 9.00. The van der Waals surface area contributed by atoms with Crippen LogP contribution in [0.4, 0.5) is 4.79 Å². The van der Waals surface area contributed by atoms with Crippen molar-refractivity contribution in [2.45, 2.75) is 46.1 Å². The lowest BCUT2D eigenvalue weighted by Gasteiger charge is -2.22. The van der Waals surface area contributed by atoms with Gasteiger partial charge in [-0.3, -0.25) is 14.5 Å². The standard InChI is InChI=1S/C21H24N2O3S/c1-5-6-15-7-9-16(10-8-15)21(4)19(25)23(20(26)22-21)12-18(24)17-11-13(2)27-14(17)3/h7-11H,5-6,12H2,1-4H3,(H,22,26). The Morgan fingerprint density at radius 3 is 2.41 bits per heavy atom. The number of nitrogens with zero attached hydrogens (tertiary/aromatic N) is 1. The Kier molecular flexibility index (Phi) is 5.20. The molecule has 0 bridgehead atoms. The number of hydrogen-bond donors (Lipinski definition) is 1. The van der Waals surface area contributed by atoms with Crippen LogP contribution in [0.2, 0.25) is 0 Å². The third-order valence-electron chi connectivity index (χ3n) is 4.99. The first-order valence-corrected chi connectivity index (χ1v) is 9.91. The van der Waals surface area contributed by atoms with Crippen molar-refractivity contribution >= 4 is 29.1 Å². The molecule has 1 atom stereocenters. The first-order chi connectivity index (χ1) is 12.8. The van der Waals surface area contributed by atoms with Crippen molar-refractivity contribution in [3.05, 3.63) is 56.8 Å². The summed E-state index contributed by atoms with van der Waals surface area (Å²) in [5.41, 5.74) is 1.34. The second-order valence-electron chi connectivity index (χ2n) is 7.14. The Morgan fingerprint density at radius 2 is 1.85 bits per heavy atom. The van der Waals surface area contributed by atoms with Gasteiger partial charge in [-0.05, 0) is 44.4 Å². The van der Waals surface area contributed by atoms with Gasteiger partial charge in [-0.15, -0.1) is 11.3 Å². The number of hydrogen-bond acceptors (Lipinski definition) is 4. The lowest BCUT2D eigenvalue weighted by molar-refractivity contribution is -0.130. The number of aryl methyl sites for hydroxylation is 3. The van der Waals surface area contributed by atoms with Gasteiger partial charge in [0.1, 0.15) is 5.54 Å². The molecule has 5 nitrogen and oxygen atoms in total. The number of carbonyl (C=O) groups excluding carboxylic acids is 3. The molecule has 2 heterocycles. The van der Waals surface area contributed by atoms with Gasteiger partial charge in [0.05, 0.1) is 6.54 Å². The van der Waals surface area contributed by atoms with E-state index in [1.807, 2.05) is 44.2 Å². The fourth-order valence-corrected chi connectivity index (χ4v) is 4.41. The van der Waals surface area contributed by atoms with E-state index in [0.717, 1.165) is 33.1 Å². The van der Waals surface area contributed by atoms with Gasteiger partial charge in [-0.2, -0.15) is 0 Å². The summed E-state index contributed by atoms with van der Waals surface area (Å²) in [5, 5.41) is 2.76. The number of nitrogens with one attached hydrogen (secondary N) is 1. The fraction of sp³-hybridized carbons (Fsp3) is 0.381. The SMILES string of the molecule is CCCc1ccc(C2(C)NC(=O)N(CC(=O)c3cc(C)sc3C)C2=O)cc1. The highest BCUT2D eigenvalue weighted by atomic mass is 32.1. The van der Waals surface area contributed by atoms with E-state index in [9.17, 15) is 14.4 Å². The molecule has 0 saturated carbocycles. The fourth-order valence-electron chi connectivity index (χ4n) is 3.47. The quantitative estimate of drug-likeness (QED) is 0.605. The molecule has 6 heteroatoms. The van der Waals surface area contributed by atoms with Gasteiger partial charge >= 0.3 is 6.03 Å². The molecule has 27 heavy (non-hydrogen) atoms. The number of rotatable bonds is 6. The van der Waals surface area contributed by atoms with E-state index >= 15 is 0 Å². The zero-order valence-corrected chi connectivity index (χ0v) is 16.9. The second kappa shape index (κ2) is 7.27. The van der Waals surface area contributed by atoms with Gasteiger partial charge in [0.2, 0.25) is 0 Å². The largest absolute Gasteiger partial charge is 0.325 e. The smallest absolute Gasteiger partial charge is 0.319 e. The van der Waals surface area contributed by atoms with Gasteiger partial charge in [-0.1, -0.05) is 37.6 Å². The minimum absolute atomic E-state index is 0.220. The van der Waals surface area contributed by atoms with Crippen LogP contribution in [0.15, 0.2) is 30.3 Å². The monoisotopic (exact) mass is 384 g/mol. The average molecular weight is 385 g/mol. The number of Topliss-reactive ketones (excluding diaryl/α,β-unsaturated/α-hetero) is 1. The summed E-state index contributed by atoms with van der Waals surface area (Å²) in [5.74, 6) is -0.614. The van der Waals surface area contributed by atoms with Gasteiger partial charge in [0.25, 0.3) is 5.91 Å². The van der Waals surface area contributed by atoms with Crippen molar-refractivity contribution in [3.8, 4) is 0 Å². The van der Waals surface area contributed by atoms with Gasteiger partial charge in [0, 0.05) is 15.3 Å². The Labute approximate surface area is 163 Å². The van der Waals surface area contributed by atoms with Crippen LogP contribution in [-0.4, -0.2) is 29.2 Å². The molecule has 0 spiro atoms. The molecule has 0 aliphatic carbocycles. The minimum atomic E-state index is -1.15. The highest BCUT2D eigenvalue weighted by molar-refractivity contribution is 7.12. The van der Waals surface area contributed by atoms with Crippen molar-refractivity contribution in [1.29, 1.82) is 0 Å². The Hall–Kier alpha value is -2.47. The van der Waals surface area contributed by atoms with Crippen LogP contribution in [0.1, 0.15) is 51.5 Å². The summed E-state index contributed by atoms with van der Waals surface area (Å²) < 4.78 is 0. The van der Waals surface area contributed by atoms with Crippen LogP contribution in [0.25, 0.3) is 0 Å². The molecule has 1 unspecified atom stereocenters. The second-order valence-corrected chi connectivity index (χ2v) is 8.60. The number of carbonyl (C=O) groups is 3. The maximum absolute atomic E-state index is 13.0. The van der Waals surface area contributed by atoms with E-state index in [1.54, 1.807) is 6.92 Å². The zero-order valence-electron chi connectivity index (χ0n) is 16.1. The summed E-state index contributed by atoms with van der Waals surface area (Å²) in [7, 11) is 0. The summed E-state index contributed by atoms with van der Waals surface area (Å²) in [6.45, 7) is 7.36. The summed E-state index contributed by atoms with van der Waals surface area (Å²) in [6.07, 6.45) is 2.01. The predicted molar refractivity (Wildman–Crippen MR) is 106 cm³/mol. The third kappa shape index (κ3) is 3.54. The van der Waals surface area contributed by atoms with Crippen LogP contribution in [0.3, 0.4) is 0 Å². The number of imide groups is 1. The summed E-state index contributed by atoms with van der Waals surface area (Å²) >= 11 is 1.53. The molecule has 1 aromatic carbocycles. The lowest BCUT2D eigenvalue weighted by Crippen LogP contribution is -2.41. The molecule has 1 saturated heterocycles. The maximum Gasteiger partial charge on any atom is 0.325 e. The topological polar surface area (TPSA) is 66.5 Å². The minimum Gasteiger partial charge on any atom is -0.319 e. The summed E-state index contributed by atoms with van der Waals surface area (Å²) in [4.78, 5) is 41.0. The van der Waals surface area contributed by atoms with E-state index in [2.05, 4.69) is 12.2 Å². The van der Waals surface area contributed by atoms with Gasteiger partial charge in [0.15, 0.2) is 5.78 Å². The number of amides is 3. The molecule has 1 aliphatic rings. The molecule has 3 rings (SSSR count). The van der Waals surface area contributed by atoms with Gasteiger partial charge in [-0.25, -0.2) is 4.79 Å². The van der Waals surface area contributed by atoms with Crippen LogP contribution in [0.5, 0.6) is 0 Å². The van der Waals surface area contributed by atoms with Crippen molar-refractivity contribution in [2.75, 3.05) is 6.54 Å². The van der Waals surface area contributed by atoms with Crippen molar-refractivity contribution in [2.24, 2.45) is 0 Å². The zero-order chi connectivity index (χ0) is 19.8. The Balaban J connectivity index is 1.81. The lowest BCUT2D eigenvalue weighted by atomic mass is 9.91. The molecule has 142 valence electrons.